The lowest BCUT2D eigenvalue weighted by atomic mass is 9.74. The van der Waals surface area contributed by atoms with Gasteiger partial charge in [-0.15, -0.1) is 0 Å². The molecule has 1 saturated carbocycles. The molecule has 0 aromatic heterocycles. The first-order chi connectivity index (χ1) is 13.3. The van der Waals surface area contributed by atoms with Crippen LogP contribution < -0.4 is 5.32 Å². The lowest BCUT2D eigenvalue weighted by Crippen LogP contribution is -2.55. The molecule has 8 heteroatoms. The highest BCUT2D eigenvalue weighted by atomic mass is 16.5. The maximum atomic E-state index is 13.2. The number of ketones is 1. The Hall–Kier alpha value is -1.51. The van der Waals surface area contributed by atoms with Crippen molar-refractivity contribution in [1.29, 1.82) is 0 Å². The molecule has 0 aromatic carbocycles. The number of amides is 3. The predicted molar refractivity (Wildman–Crippen MR) is 107 cm³/mol. The zero-order valence-corrected chi connectivity index (χ0v) is 17.8. The summed E-state index contributed by atoms with van der Waals surface area (Å²) in [6.07, 6.45) is 3.37. The maximum absolute atomic E-state index is 13.2. The molecule has 2 aliphatic rings. The monoisotopic (exact) mass is 396 g/mol. The second-order valence-electron chi connectivity index (χ2n) is 8.35. The van der Waals surface area contributed by atoms with Gasteiger partial charge in [0.15, 0.2) is 0 Å². The number of nitrogens with one attached hydrogen (secondary N) is 1. The van der Waals surface area contributed by atoms with Crippen molar-refractivity contribution in [3.63, 3.8) is 0 Å². The van der Waals surface area contributed by atoms with Crippen molar-refractivity contribution in [2.24, 2.45) is 11.8 Å². The largest absolute Gasteiger partial charge is 0.385 e. The third-order valence-corrected chi connectivity index (χ3v) is 5.84. The van der Waals surface area contributed by atoms with E-state index in [0.717, 1.165) is 6.42 Å². The molecule has 0 aromatic rings. The number of likely N-dealkylation sites (N-methyl/N-ethyl adjacent to an activating group) is 1. The Labute approximate surface area is 168 Å². The molecule has 0 radical (unpaired) electrons. The summed E-state index contributed by atoms with van der Waals surface area (Å²) in [5.74, 6) is 0.119. The summed E-state index contributed by atoms with van der Waals surface area (Å²) in [4.78, 5) is 43.4. The SMILES string of the molecule is COCCCN(C(=O)NCCN(C)C)C(=O)[C@@H]1C[C@@H]2CC(=O)CC[C@H]2N(C)C1. The van der Waals surface area contributed by atoms with Gasteiger partial charge in [0.25, 0.3) is 0 Å². The summed E-state index contributed by atoms with van der Waals surface area (Å²) in [6.45, 7) is 2.68. The van der Waals surface area contributed by atoms with E-state index in [-0.39, 0.29) is 23.8 Å². The van der Waals surface area contributed by atoms with Crippen LogP contribution in [0.1, 0.15) is 32.1 Å². The number of hydrogen-bond acceptors (Lipinski definition) is 6. The van der Waals surface area contributed by atoms with Crippen LogP contribution in [0, 0.1) is 11.8 Å². The lowest BCUT2D eigenvalue weighted by molar-refractivity contribution is -0.138. The summed E-state index contributed by atoms with van der Waals surface area (Å²) in [6, 6.07) is 0.0325. The van der Waals surface area contributed by atoms with Crippen molar-refractivity contribution in [3.05, 3.63) is 0 Å². The third kappa shape index (κ3) is 6.25. The number of nitrogens with zero attached hydrogens (tertiary/aromatic N) is 3. The minimum atomic E-state index is -0.340. The molecular weight excluding hydrogens is 360 g/mol. The van der Waals surface area contributed by atoms with Crippen LogP contribution >= 0.6 is 0 Å². The van der Waals surface area contributed by atoms with Gasteiger partial charge < -0.3 is 19.9 Å². The number of ether oxygens (including phenoxy) is 1. The first-order valence-corrected chi connectivity index (χ1v) is 10.3. The Morgan fingerprint density at radius 1 is 1.29 bits per heavy atom. The molecule has 2 fully saturated rings. The van der Waals surface area contributed by atoms with Gasteiger partial charge in [-0.1, -0.05) is 0 Å². The van der Waals surface area contributed by atoms with Gasteiger partial charge in [-0.25, -0.2) is 4.79 Å². The molecule has 0 unspecified atom stereocenters. The average Bonchev–Trinajstić information content (AvgIpc) is 2.64. The zero-order chi connectivity index (χ0) is 20.7. The van der Waals surface area contributed by atoms with Gasteiger partial charge in [-0.3, -0.25) is 14.5 Å². The van der Waals surface area contributed by atoms with Crippen molar-refractivity contribution >= 4 is 17.7 Å². The number of imide groups is 1. The molecule has 1 N–H and O–H groups in total. The summed E-state index contributed by atoms with van der Waals surface area (Å²) in [5, 5.41) is 2.85. The smallest absolute Gasteiger partial charge is 0.324 e. The van der Waals surface area contributed by atoms with Crippen LogP contribution in [0.2, 0.25) is 0 Å². The van der Waals surface area contributed by atoms with Crippen molar-refractivity contribution in [1.82, 2.24) is 20.0 Å². The number of piperidine rings is 1. The van der Waals surface area contributed by atoms with E-state index < -0.39 is 0 Å². The van der Waals surface area contributed by atoms with Crippen LogP contribution in [0.3, 0.4) is 0 Å². The highest BCUT2D eigenvalue weighted by Gasteiger charge is 2.42. The molecule has 160 valence electrons. The lowest BCUT2D eigenvalue weighted by Gasteiger charge is -2.45. The van der Waals surface area contributed by atoms with Crippen LogP contribution in [0.4, 0.5) is 4.79 Å². The number of rotatable bonds is 8. The van der Waals surface area contributed by atoms with Gasteiger partial charge in [0.05, 0.1) is 5.92 Å². The molecule has 1 aliphatic heterocycles. The van der Waals surface area contributed by atoms with Crippen LogP contribution in [-0.4, -0.2) is 99.5 Å². The van der Waals surface area contributed by atoms with E-state index in [0.29, 0.717) is 70.3 Å². The van der Waals surface area contributed by atoms with Gasteiger partial charge in [0.2, 0.25) is 5.91 Å². The Morgan fingerprint density at radius 2 is 2.04 bits per heavy atom. The summed E-state index contributed by atoms with van der Waals surface area (Å²) in [7, 11) is 7.51. The number of Topliss-reactive ketones (excluding diaryl/α,β-unsaturated/α-hetero) is 1. The number of methoxy groups -OCH3 is 1. The van der Waals surface area contributed by atoms with Gasteiger partial charge in [0, 0.05) is 58.8 Å². The molecule has 0 spiro atoms. The first kappa shape index (κ1) is 22.8. The second-order valence-corrected chi connectivity index (χ2v) is 8.35. The second kappa shape index (κ2) is 10.9. The van der Waals surface area contributed by atoms with E-state index in [1.165, 1.54) is 4.90 Å². The predicted octanol–water partition coefficient (Wildman–Crippen LogP) is 0.812. The standard InChI is InChI=1S/C20H36N4O4/c1-22(2)10-8-21-20(27)24(9-5-11-28-4)19(26)16-12-15-13-17(25)6-7-18(15)23(3)14-16/h15-16,18H,5-14H2,1-4H3,(H,21,27)/t15-,16-,18-/m1/s1. The molecule has 0 bridgehead atoms. The quantitative estimate of drug-likeness (QED) is 0.612. The van der Waals surface area contributed by atoms with E-state index in [9.17, 15) is 14.4 Å². The number of urea groups is 1. The fourth-order valence-corrected chi connectivity index (χ4v) is 4.38. The van der Waals surface area contributed by atoms with Crippen LogP contribution in [0.25, 0.3) is 0 Å². The highest BCUT2D eigenvalue weighted by Crippen LogP contribution is 2.36. The van der Waals surface area contributed by atoms with E-state index in [1.54, 1.807) is 7.11 Å². The minimum Gasteiger partial charge on any atom is -0.385 e. The average molecular weight is 397 g/mol. The van der Waals surface area contributed by atoms with E-state index in [4.69, 9.17) is 4.74 Å². The Kier molecular flexibility index (Phi) is 8.85. The normalized spacial score (nSPS) is 25.5. The summed E-state index contributed by atoms with van der Waals surface area (Å²) in [5.41, 5.74) is 0. The number of fused-ring (bicyclic) bond motifs is 1. The van der Waals surface area contributed by atoms with E-state index in [2.05, 4.69) is 10.2 Å². The minimum absolute atomic E-state index is 0.137. The van der Waals surface area contributed by atoms with Crippen molar-refractivity contribution in [2.75, 3.05) is 61.0 Å². The van der Waals surface area contributed by atoms with Crippen molar-refractivity contribution in [2.45, 2.75) is 38.1 Å². The maximum Gasteiger partial charge on any atom is 0.324 e. The zero-order valence-electron chi connectivity index (χ0n) is 17.8. The topological polar surface area (TPSA) is 82.2 Å². The molecule has 3 amide bonds. The molecule has 28 heavy (non-hydrogen) atoms. The number of hydrogen-bond donors (Lipinski definition) is 1. The highest BCUT2D eigenvalue weighted by molar-refractivity contribution is 5.95. The van der Waals surface area contributed by atoms with Crippen LogP contribution in [-0.2, 0) is 14.3 Å². The van der Waals surface area contributed by atoms with Crippen molar-refractivity contribution in [3.8, 4) is 0 Å². The van der Waals surface area contributed by atoms with Crippen LogP contribution in [0.15, 0.2) is 0 Å². The summed E-state index contributed by atoms with van der Waals surface area (Å²) < 4.78 is 5.09. The van der Waals surface area contributed by atoms with E-state index >= 15 is 0 Å². The molecular formula is C20H36N4O4. The van der Waals surface area contributed by atoms with Gasteiger partial charge in [-0.05, 0) is 46.3 Å². The van der Waals surface area contributed by atoms with Gasteiger partial charge >= 0.3 is 6.03 Å². The molecule has 2 rings (SSSR count). The molecule has 1 aliphatic carbocycles. The molecule has 1 saturated heterocycles. The van der Waals surface area contributed by atoms with Crippen LogP contribution in [0.5, 0.6) is 0 Å². The van der Waals surface area contributed by atoms with E-state index in [1.807, 2.05) is 26.0 Å². The Morgan fingerprint density at radius 3 is 2.71 bits per heavy atom. The fraction of sp³-hybridized carbons (Fsp3) is 0.850. The Bertz CT molecular complexity index is 554. The molecule has 1 heterocycles. The molecule has 3 atom stereocenters. The van der Waals surface area contributed by atoms with Gasteiger partial charge in [-0.2, -0.15) is 0 Å². The Balaban J connectivity index is 2.02. The number of carbonyl (C=O) groups is 3. The fourth-order valence-electron chi connectivity index (χ4n) is 4.38. The molecule has 8 nitrogen and oxygen atoms in total. The summed E-state index contributed by atoms with van der Waals surface area (Å²) >= 11 is 0. The number of carbonyl (C=O) groups excluding carboxylic acids is 3. The van der Waals surface area contributed by atoms with Crippen molar-refractivity contribution < 1.29 is 19.1 Å². The third-order valence-electron chi connectivity index (χ3n) is 5.84. The number of likely N-dealkylation sites (tertiary alicyclic amines) is 1. The van der Waals surface area contributed by atoms with Gasteiger partial charge in [0.1, 0.15) is 5.78 Å². The first-order valence-electron chi connectivity index (χ1n) is 10.3.